The van der Waals surface area contributed by atoms with Crippen molar-refractivity contribution in [2.75, 3.05) is 32.4 Å². The van der Waals surface area contributed by atoms with Gasteiger partial charge in [-0.2, -0.15) is 0 Å². The predicted octanol–water partition coefficient (Wildman–Crippen LogP) is 0.526. The molecule has 0 aromatic rings. The Kier molecular flexibility index (Phi) is 2.93. The molecule has 0 unspecified atom stereocenters. The van der Waals surface area contributed by atoms with Crippen molar-refractivity contribution in [3.05, 3.63) is 0 Å². The molecule has 2 heterocycles. The molecule has 1 amide bonds. The van der Waals surface area contributed by atoms with Crippen molar-refractivity contribution < 1.29 is 22.0 Å². The van der Waals surface area contributed by atoms with Crippen molar-refractivity contribution >= 4 is 15.9 Å². The molecule has 2 aliphatic heterocycles. The van der Waals surface area contributed by atoms with E-state index in [1.165, 1.54) is 10.6 Å². The molecule has 3 rings (SSSR count). The molecule has 0 N–H and O–H groups in total. The molecule has 1 aliphatic carbocycles. The molecular formula is C12H18F2N2O3S. The third-order valence-corrected chi connectivity index (χ3v) is 5.93. The minimum absolute atomic E-state index is 0.148. The molecule has 0 radical (unpaired) electrons. The summed E-state index contributed by atoms with van der Waals surface area (Å²) >= 11 is 0. The van der Waals surface area contributed by atoms with Gasteiger partial charge in [-0.3, -0.25) is 4.79 Å². The maximum absolute atomic E-state index is 12.8. The van der Waals surface area contributed by atoms with Crippen LogP contribution in [0.15, 0.2) is 0 Å². The Labute approximate surface area is 117 Å². The number of hydrogen-bond donors (Lipinski definition) is 0. The number of hydrogen-bond acceptors (Lipinski definition) is 3. The van der Waals surface area contributed by atoms with E-state index in [9.17, 15) is 22.0 Å². The number of halogens is 2. The summed E-state index contributed by atoms with van der Waals surface area (Å²) < 4.78 is 49.9. The van der Waals surface area contributed by atoms with E-state index in [0.29, 0.717) is 26.2 Å². The van der Waals surface area contributed by atoms with Crippen molar-refractivity contribution in [3.8, 4) is 0 Å². The Morgan fingerprint density at radius 1 is 1.20 bits per heavy atom. The molecule has 1 spiro atoms. The number of likely N-dealkylation sites (tertiary alicyclic amines) is 1. The normalized spacial score (nSPS) is 29.2. The van der Waals surface area contributed by atoms with Crippen LogP contribution in [0.25, 0.3) is 0 Å². The van der Waals surface area contributed by atoms with E-state index < -0.39 is 21.9 Å². The predicted molar refractivity (Wildman–Crippen MR) is 67.7 cm³/mol. The molecule has 0 aromatic heterocycles. The summed E-state index contributed by atoms with van der Waals surface area (Å²) in [6, 6.07) is 0. The van der Waals surface area contributed by atoms with Gasteiger partial charge < -0.3 is 4.90 Å². The SMILES string of the molecule is CS(=O)(=O)N1CCC2(CN(C(=O)C3CC(F)(F)C3)C2)C1. The van der Waals surface area contributed by atoms with Gasteiger partial charge in [-0.1, -0.05) is 0 Å². The van der Waals surface area contributed by atoms with Crippen LogP contribution >= 0.6 is 0 Å². The number of carbonyl (C=O) groups is 1. The average Bonchev–Trinajstić information content (AvgIpc) is 2.67. The van der Waals surface area contributed by atoms with Crippen molar-refractivity contribution in [1.29, 1.82) is 0 Å². The fourth-order valence-corrected chi connectivity index (χ4v) is 4.38. The summed E-state index contributed by atoms with van der Waals surface area (Å²) in [4.78, 5) is 13.6. The third kappa shape index (κ3) is 2.32. The van der Waals surface area contributed by atoms with E-state index in [0.717, 1.165) is 6.42 Å². The number of amides is 1. The van der Waals surface area contributed by atoms with E-state index in [-0.39, 0.29) is 24.2 Å². The molecule has 0 bridgehead atoms. The quantitative estimate of drug-likeness (QED) is 0.747. The summed E-state index contributed by atoms with van der Waals surface area (Å²) in [7, 11) is -3.18. The van der Waals surface area contributed by atoms with Crippen LogP contribution in [0.5, 0.6) is 0 Å². The first-order valence-corrected chi connectivity index (χ1v) is 8.57. The highest BCUT2D eigenvalue weighted by Gasteiger charge is 2.55. The van der Waals surface area contributed by atoms with Gasteiger partial charge in [-0.25, -0.2) is 21.5 Å². The number of nitrogens with zero attached hydrogens (tertiary/aromatic N) is 2. The lowest BCUT2D eigenvalue weighted by atomic mass is 9.75. The highest BCUT2D eigenvalue weighted by atomic mass is 32.2. The van der Waals surface area contributed by atoms with Crippen LogP contribution < -0.4 is 0 Å². The van der Waals surface area contributed by atoms with Crippen molar-refractivity contribution in [3.63, 3.8) is 0 Å². The first-order chi connectivity index (χ1) is 9.10. The van der Waals surface area contributed by atoms with Gasteiger partial charge in [0.25, 0.3) is 0 Å². The molecule has 3 fully saturated rings. The van der Waals surface area contributed by atoms with Crippen LogP contribution in [0.2, 0.25) is 0 Å². The highest BCUT2D eigenvalue weighted by Crippen LogP contribution is 2.46. The van der Waals surface area contributed by atoms with Crippen LogP contribution in [0, 0.1) is 11.3 Å². The average molecular weight is 308 g/mol. The Morgan fingerprint density at radius 3 is 2.25 bits per heavy atom. The van der Waals surface area contributed by atoms with Crippen LogP contribution in [0.3, 0.4) is 0 Å². The molecular weight excluding hydrogens is 290 g/mol. The zero-order valence-corrected chi connectivity index (χ0v) is 12.1. The first kappa shape index (κ1) is 14.2. The van der Waals surface area contributed by atoms with E-state index in [1.807, 2.05) is 0 Å². The number of carbonyl (C=O) groups excluding carboxylic acids is 1. The minimum atomic E-state index is -3.18. The van der Waals surface area contributed by atoms with Crippen LogP contribution in [0.1, 0.15) is 19.3 Å². The van der Waals surface area contributed by atoms with Crippen LogP contribution in [-0.2, 0) is 14.8 Å². The molecule has 8 heteroatoms. The first-order valence-electron chi connectivity index (χ1n) is 6.72. The summed E-state index contributed by atoms with van der Waals surface area (Å²) in [5.74, 6) is -3.42. The molecule has 2 saturated heterocycles. The molecule has 20 heavy (non-hydrogen) atoms. The monoisotopic (exact) mass is 308 g/mol. The standard InChI is InChI=1S/C12H18F2N2O3S/c1-20(18,19)16-3-2-11(8-16)6-15(7-11)10(17)9-4-12(13,14)5-9/h9H,2-8H2,1H3. The fourth-order valence-electron chi connectivity index (χ4n) is 3.45. The summed E-state index contributed by atoms with van der Waals surface area (Å²) in [5.41, 5.74) is -0.148. The van der Waals surface area contributed by atoms with E-state index in [2.05, 4.69) is 0 Å². The summed E-state index contributed by atoms with van der Waals surface area (Å²) in [6.45, 7) is 1.93. The van der Waals surface area contributed by atoms with Gasteiger partial charge in [0.05, 0.1) is 6.26 Å². The van der Waals surface area contributed by atoms with E-state index >= 15 is 0 Å². The second kappa shape index (κ2) is 4.13. The van der Waals surface area contributed by atoms with Gasteiger partial charge in [0.2, 0.25) is 21.9 Å². The Bertz CT molecular complexity index is 535. The Balaban J connectivity index is 1.53. The van der Waals surface area contributed by atoms with Crippen molar-refractivity contribution in [2.45, 2.75) is 25.2 Å². The van der Waals surface area contributed by atoms with Gasteiger partial charge in [-0.05, 0) is 6.42 Å². The molecule has 1 saturated carbocycles. The van der Waals surface area contributed by atoms with E-state index in [4.69, 9.17) is 0 Å². The lowest BCUT2D eigenvalue weighted by molar-refractivity contribution is -0.169. The van der Waals surface area contributed by atoms with Gasteiger partial charge in [0.1, 0.15) is 0 Å². The zero-order valence-electron chi connectivity index (χ0n) is 11.3. The third-order valence-electron chi connectivity index (χ3n) is 4.68. The lowest BCUT2D eigenvalue weighted by Crippen LogP contribution is -2.62. The maximum atomic E-state index is 12.8. The van der Waals surface area contributed by atoms with Gasteiger partial charge >= 0.3 is 0 Å². The number of sulfonamides is 1. The molecule has 0 aromatic carbocycles. The minimum Gasteiger partial charge on any atom is -0.341 e. The van der Waals surface area contributed by atoms with E-state index in [1.54, 1.807) is 4.90 Å². The van der Waals surface area contributed by atoms with Gasteiger partial charge in [-0.15, -0.1) is 0 Å². The number of rotatable bonds is 2. The second-order valence-electron chi connectivity index (χ2n) is 6.50. The molecule has 0 atom stereocenters. The fraction of sp³-hybridized carbons (Fsp3) is 0.917. The van der Waals surface area contributed by atoms with Gasteiger partial charge in [0.15, 0.2) is 0 Å². The Hall–Kier alpha value is -0.760. The summed E-state index contributed by atoms with van der Waals surface area (Å²) in [5, 5.41) is 0. The van der Waals surface area contributed by atoms with Crippen molar-refractivity contribution in [2.24, 2.45) is 11.3 Å². The largest absolute Gasteiger partial charge is 0.341 e. The van der Waals surface area contributed by atoms with Crippen LogP contribution in [0.4, 0.5) is 8.78 Å². The summed E-state index contributed by atoms with van der Waals surface area (Å²) in [6.07, 6.45) is 1.24. The second-order valence-corrected chi connectivity index (χ2v) is 8.48. The van der Waals surface area contributed by atoms with Gasteiger partial charge in [0, 0.05) is 50.4 Å². The smallest absolute Gasteiger partial charge is 0.249 e. The molecule has 114 valence electrons. The van der Waals surface area contributed by atoms with Crippen molar-refractivity contribution in [1.82, 2.24) is 9.21 Å². The molecule has 3 aliphatic rings. The maximum Gasteiger partial charge on any atom is 0.249 e. The van der Waals surface area contributed by atoms with Crippen LogP contribution in [-0.4, -0.2) is 61.9 Å². The lowest BCUT2D eigenvalue weighted by Gasteiger charge is -2.50. The highest BCUT2D eigenvalue weighted by molar-refractivity contribution is 7.88. The zero-order chi connectivity index (χ0) is 14.8. The number of alkyl halides is 2. The molecule has 5 nitrogen and oxygen atoms in total. The topological polar surface area (TPSA) is 57.7 Å². The Morgan fingerprint density at radius 2 is 1.80 bits per heavy atom.